The third kappa shape index (κ3) is 6.56. The fourth-order valence-electron chi connectivity index (χ4n) is 4.32. The van der Waals surface area contributed by atoms with Gasteiger partial charge in [0.2, 0.25) is 11.8 Å². The van der Waals surface area contributed by atoms with E-state index < -0.39 is 11.6 Å². The first-order valence-corrected chi connectivity index (χ1v) is 12.2. The maximum absolute atomic E-state index is 13.3. The Morgan fingerprint density at radius 2 is 1.51 bits per heavy atom. The van der Waals surface area contributed by atoms with Crippen LogP contribution in [0.2, 0.25) is 0 Å². The average Bonchev–Trinajstić information content (AvgIpc) is 3.06. The van der Waals surface area contributed by atoms with Crippen molar-refractivity contribution in [2.75, 3.05) is 13.1 Å². The van der Waals surface area contributed by atoms with E-state index in [1.54, 1.807) is 29.2 Å². The van der Waals surface area contributed by atoms with E-state index in [2.05, 4.69) is 5.32 Å². The molecule has 2 aromatic carbocycles. The summed E-state index contributed by atoms with van der Waals surface area (Å²) >= 11 is 0. The van der Waals surface area contributed by atoms with Crippen LogP contribution in [0.25, 0.3) is 0 Å². The van der Waals surface area contributed by atoms with Gasteiger partial charge < -0.3 is 10.2 Å². The van der Waals surface area contributed by atoms with Crippen molar-refractivity contribution in [3.05, 3.63) is 71.3 Å². The molecular formula is C28H35N3O4. The van der Waals surface area contributed by atoms with E-state index in [1.165, 1.54) is 4.90 Å². The largest absolute Gasteiger partial charge is 0.350 e. The van der Waals surface area contributed by atoms with Gasteiger partial charge in [-0.3, -0.25) is 24.1 Å². The molecule has 2 aromatic rings. The van der Waals surface area contributed by atoms with Crippen LogP contribution in [0.4, 0.5) is 0 Å². The second-order valence-electron chi connectivity index (χ2n) is 9.90. The zero-order chi connectivity index (χ0) is 25.6. The van der Waals surface area contributed by atoms with Crippen LogP contribution >= 0.6 is 0 Å². The third-order valence-electron chi connectivity index (χ3n) is 6.02. The van der Waals surface area contributed by atoms with Gasteiger partial charge in [-0.1, -0.05) is 49.4 Å². The van der Waals surface area contributed by atoms with E-state index >= 15 is 0 Å². The minimum atomic E-state index is -0.593. The van der Waals surface area contributed by atoms with Gasteiger partial charge in [-0.25, -0.2) is 0 Å². The molecule has 0 saturated carbocycles. The molecular weight excluding hydrogens is 442 g/mol. The van der Waals surface area contributed by atoms with Crippen LogP contribution in [-0.4, -0.2) is 58.1 Å². The van der Waals surface area contributed by atoms with Crippen LogP contribution in [0, 0.1) is 0 Å². The lowest BCUT2D eigenvalue weighted by Crippen LogP contribution is -2.54. The van der Waals surface area contributed by atoms with Gasteiger partial charge in [-0.05, 0) is 57.7 Å². The van der Waals surface area contributed by atoms with Gasteiger partial charge in [0.1, 0.15) is 6.04 Å². The van der Waals surface area contributed by atoms with E-state index in [1.807, 2.05) is 58.0 Å². The highest BCUT2D eigenvalue weighted by Crippen LogP contribution is 2.23. The van der Waals surface area contributed by atoms with Crippen molar-refractivity contribution in [1.82, 2.24) is 15.1 Å². The molecule has 4 amide bonds. The summed E-state index contributed by atoms with van der Waals surface area (Å²) in [5.74, 6) is -0.986. The van der Waals surface area contributed by atoms with Crippen LogP contribution in [0.3, 0.4) is 0 Å². The molecule has 0 aliphatic carbocycles. The summed E-state index contributed by atoms with van der Waals surface area (Å²) in [7, 11) is 0. The first kappa shape index (κ1) is 26.1. The Kier molecular flexibility index (Phi) is 8.43. The molecule has 1 N–H and O–H groups in total. The Balaban J connectivity index is 1.68. The highest BCUT2D eigenvalue weighted by Gasteiger charge is 2.35. The van der Waals surface area contributed by atoms with Crippen LogP contribution < -0.4 is 5.32 Å². The Bertz CT molecular complexity index is 1040. The van der Waals surface area contributed by atoms with Gasteiger partial charge >= 0.3 is 0 Å². The Labute approximate surface area is 207 Å². The lowest BCUT2D eigenvalue weighted by molar-refractivity contribution is -0.141. The standard InChI is InChI=1S/C28H35N3O4/c1-5-23(25(33)29-28(2,3)4)30(19-17-20-12-7-6-8-13-20)24(32)16-11-18-31-26(34)21-14-9-10-15-22(21)27(31)35/h6-10,12-15,23H,5,11,16-19H2,1-4H3,(H,29,33)/t23-/m1/s1. The number of imide groups is 1. The Morgan fingerprint density at radius 1 is 0.943 bits per heavy atom. The molecule has 0 saturated heterocycles. The monoisotopic (exact) mass is 477 g/mol. The minimum Gasteiger partial charge on any atom is -0.350 e. The molecule has 186 valence electrons. The maximum atomic E-state index is 13.3. The Hall–Kier alpha value is -3.48. The molecule has 1 aliphatic rings. The fourth-order valence-corrected chi connectivity index (χ4v) is 4.32. The summed E-state index contributed by atoms with van der Waals surface area (Å²) in [6.45, 7) is 8.21. The predicted molar refractivity (Wildman–Crippen MR) is 135 cm³/mol. The lowest BCUT2D eigenvalue weighted by atomic mass is 10.0. The SMILES string of the molecule is CC[C@H](C(=O)NC(C)(C)C)N(CCc1ccccc1)C(=O)CCCN1C(=O)c2ccccc2C1=O. The molecule has 35 heavy (non-hydrogen) atoms. The highest BCUT2D eigenvalue weighted by atomic mass is 16.2. The number of nitrogens with one attached hydrogen (secondary N) is 1. The van der Waals surface area contributed by atoms with E-state index in [9.17, 15) is 19.2 Å². The first-order chi connectivity index (χ1) is 16.6. The molecule has 7 nitrogen and oxygen atoms in total. The quantitative estimate of drug-likeness (QED) is 0.527. The summed E-state index contributed by atoms with van der Waals surface area (Å²) < 4.78 is 0. The summed E-state index contributed by atoms with van der Waals surface area (Å²) in [5, 5.41) is 3.00. The molecule has 0 spiro atoms. The van der Waals surface area contributed by atoms with Crippen LogP contribution in [-0.2, 0) is 16.0 Å². The molecule has 1 aliphatic heterocycles. The minimum absolute atomic E-state index is 0.140. The van der Waals surface area contributed by atoms with Gasteiger partial charge in [-0.15, -0.1) is 0 Å². The van der Waals surface area contributed by atoms with Gasteiger partial charge in [0.05, 0.1) is 11.1 Å². The number of benzene rings is 2. The lowest BCUT2D eigenvalue weighted by Gasteiger charge is -2.33. The van der Waals surface area contributed by atoms with Crippen molar-refractivity contribution >= 4 is 23.6 Å². The van der Waals surface area contributed by atoms with Gasteiger partial charge in [0.15, 0.2) is 0 Å². The molecule has 0 aromatic heterocycles. The van der Waals surface area contributed by atoms with Crippen molar-refractivity contribution in [2.45, 2.75) is 65.0 Å². The molecule has 1 heterocycles. The molecule has 0 fully saturated rings. The molecule has 0 bridgehead atoms. The van der Waals surface area contributed by atoms with E-state index in [0.717, 1.165) is 5.56 Å². The van der Waals surface area contributed by atoms with E-state index in [-0.39, 0.29) is 36.6 Å². The average molecular weight is 478 g/mol. The predicted octanol–water partition coefficient (Wildman–Crippen LogP) is 3.83. The maximum Gasteiger partial charge on any atom is 0.261 e. The number of carbonyl (C=O) groups is 4. The zero-order valence-electron chi connectivity index (χ0n) is 21.0. The second-order valence-corrected chi connectivity index (χ2v) is 9.90. The Morgan fingerprint density at radius 3 is 2.06 bits per heavy atom. The van der Waals surface area contributed by atoms with Crippen molar-refractivity contribution < 1.29 is 19.2 Å². The normalized spacial score (nSPS) is 14.0. The number of carbonyl (C=O) groups excluding carboxylic acids is 4. The van der Waals surface area contributed by atoms with Crippen molar-refractivity contribution in [3.63, 3.8) is 0 Å². The zero-order valence-corrected chi connectivity index (χ0v) is 21.0. The molecule has 0 unspecified atom stereocenters. The summed E-state index contributed by atoms with van der Waals surface area (Å²) in [6.07, 6.45) is 1.59. The number of fused-ring (bicyclic) bond motifs is 1. The second kappa shape index (κ2) is 11.3. The van der Waals surface area contributed by atoms with Crippen molar-refractivity contribution in [1.29, 1.82) is 0 Å². The summed E-state index contributed by atoms with van der Waals surface area (Å²) in [6, 6.07) is 16.0. The van der Waals surface area contributed by atoms with Crippen molar-refractivity contribution in [2.24, 2.45) is 0 Å². The van der Waals surface area contributed by atoms with Crippen LogP contribution in [0.5, 0.6) is 0 Å². The first-order valence-electron chi connectivity index (χ1n) is 12.2. The van der Waals surface area contributed by atoms with Crippen LogP contribution in [0.15, 0.2) is 54.6 Å². The number of amides is 4. The molecule has 3 rings (SSSR count). The molecule has 0 radical (unpaired) electrons. The smallest absolute Gasteiger partial charge is 0.261 e. The third-order valence-corrected chi connectivity index (χ3v) is 6.02. The van der Waals surface area contributed by atoms with Gasteiger partial charge in [0.25, 0.3) is 11.8 Å². The topological polar surface area (TPSA) is 86.8 Å². The van der Waals surface area contributed by atoms with Crippen molar-refractivity contribution in [3.8, 4) is 0 Å². The molecule has 7 heteroatoms. The number of hydrogen-bond acceptors (Lipinski definition) is 4. The van der Waals surface area contributed by atoms with E-state index in [4.69, 9.17) is 0 Å². The van der Waals surface area contributed by atoms with Gasteiger partial charge in [0, 0.05) is 25.0 Å². The fraction of sp³-hybridized carbons (Fsp3) is 0.429. The van der Waals surface area contributed by atoms with Gasteiger partial charge in [-0.2, -0.15) is 0 Å². The molecule has 1 atom stereocenters. The van der Waals surface area contributed by atoms with E-state index in [0.29, 0.717) is 36.9 Å². The highest BCUT2D eigenvalue weighted by molar-refractivity contribution is 6.21. The number of nitrogens with zero attached hydrogens (tertiary/aromatic N) is 2. The number of rotatable bonds is 10. The number of hydrogen-bond donors (Lipinski definition) is 1. The summed E-state index contributed by atoms with van der Waals surface area (Å²) in [5.41, 5.74) is 1.48. The van der Waals surface area contributed by atoms with Crippen LogP contribution in [0.1, 0.15) is 73.2 Å². The summed E-state index contributed by atoms with van der Waals surface area (Å²) in [4.78, 5) is 54.5.